The summed E-state index contributed by atoms with van der Waals surface area (Å²) in [6, 6.07) is 10.2. The SMILES string of the molecule is CCNC(=NCc1ncc(-c2ccccc2)[nH]1)NCCCC(C)C.I. The van der Waals surface area contributed by atoms with Crippen molar-refractivity contribution in [2.75, 3.05) is 13.1 Å². The van der Waals surface area contributed by atoms with Gasteiger partial charge in [-0.1, -0.05) is 44.2 Å². The summed E-state index contributed by atoms with van der Waals surface area (Å²) in [6.45, 7) is 8.90. The zero-order valence-electron chi connectivity index (χ0n) is 15.4. The van der Waals surface area contributed by atoms with Crippen molar-refractivity contribution in [2.45, 2.75) is 40.2 Å². The van der Waals surface area contributed by atoms with Gasteiger partial charge in [-0.2, -0.15) is 0 Å². The Morgan fingerprint density at radius 2 is 1.96 bits per heavy atom. The van der Waals surface area contributed by atoms with Gasteiger partial charge < -0.3 is 15.6 Å². The van der Waals surface area contributed by atoms with Crippen molar-refractivity contribution in [3.8, 4) is 11.3 Å². The molecule has 2 rings (SSSR count). The number of nitrogens with one attached hydrogen (secondary N) is 3. The number of nitrogens with zero attached hydrogens (tertiary/aromatic N) is 2. The molecule has 0 saturated carbocycles. The number of imidazole rings is 1. The van der Waals surface area contributed by atoms with E-state index in [-0.39, 0.29) is 24.0 Å². The molecule has 3 N–H and O–H groups in total. The fourth-order valence-electron chi connectivity index (χ4n) is 2.42. The molecule has 0 bridgehead atoms. The van der Waals surface area contributed by atoms with Crippen molar-refractivity contribution in [2.24, 2.45) is 10.9 Å². The summed E-state index contributed by atoms with van der Waals surface area (Å²) >= 11 is 0. The lowest BCUT2D eigenvalue weighted by Gasteiger charge is -2.11. The number of H-pyrrole nitrogens is 1. The second-order valence-electron chi connectivity index (χ2n) is 6.27. The zero-order valence-corrected chi connectivity index (χ0v) is 17.7. The quantitative estimate of drug-likeness (QED) is 0.242. The molecule has 0 aliphatic heterocycles. The molecular weight excluding hydrogens is 425 g/mol. The van der Waals surface area contributed by atoms with E-state index in [9.17, 15) is 0 Å². The number of aliphatic imine (C=N–C) groups is 1. The van der Waals surface area contributed by atoms with Gasteiger partial charge in [0, 0.05) is 13.1 Å². The van der Waals surface area contributed by atoms with Crippen LogP contribution in [0.15, 0.2) is 41.5 Å². The lowest BCUT2D eigenvalue weighted by Crippen LogP contribution is -2.37. The Morgan fingerprint density at radius 1 is 1.20 bits per heavy atom. The number of aromatic nitrogens is 2. The van der Waals surface area contributed by atoms with E-state index in [1.54, 1.807) is 0 Å². The van der Waals surface area contributed by atoms with Crippen molar-refractivity contribution < 1.29 is 0 Å². The van der Waals surface area contributed by atoms with Gasteiger partial charge in [0.05, 0.1) is 11.9 Å². The van der Waals surface area contributed by atoms with Gasteiger partial charge in [0.2, 0.25) is 0 Å². The second-order valence-corrected chi connectivity index (χ2v) is 6.27. The minimum Gasteiger partial charge on any atom is -0.357 e. The number of hydrogen-bond donors (Lipinski definition) is 3. The van der Waals surface area contributed by atoms with Crippen molar-refractivity contribution in [3.63, 3.8) is 0 Å². The molecule has 0 spiro atoms. The van der Waals surface area contributed by atoms with E-state index in [1.807, 2.05) is 24.4 Å². The minimum atomic E-state index is 0. The van der Waals surface area contributed by atoms with Gasteiger partial charge in [-0.05, 0) is 31.2 Å². The van der Waals surface area contributed by atoms with Crippen molar-refractivity contribution in [1.82, 2.24) is 20.6 Å². The molecule has 1 aromatic heterocycles. The van der Waals surface area contributed by atoms with Crippen LogP contribution in [0.3, 0.4) is 0 Å². The van der Waals surface area contributed by atoms with E-state index in [2.05, 4.69) is 58.5 Å². The Bertz CT molecular complexity index is 622. The highest BCUT2D eigenvalue weighted by molar-refractivity contribution is 14.0. The van der Waals surface area contributed by atoms with Crippen LogP contribution in [0.2, 0.25) is 0 Å². The van der Waals surface area contributed by atoms with Crippen LogP contribution >= 0.6 is 24.0 Å². The van der Waals surface area contributed by atoms with Gasteiger partial charge in [0.15, 0.2) is 5.96 Å². The topological polar surface area (TPSA) is 65.1 Å². The lowest BCUT2D eigenvalue weighted by molar-refractivity contribution is 0.549. The summed E-state index contributed by atoms with van der Waals surface area (Å²) in [5, 5.41) is 6.66. The molecule has 0 radical (unpaired) electrons. The average Bonchev–Trinajstić information content (AvgIpc) is 3.06. The van der Waals surface area contributed by atoms with Crippen molar-refractivity contribution in [1.29, 1.82) is 0 Å². The maximum Gasteiger partial charge on any atom is 0.191 e. The summed E-state index contributed by atoms with van der Waals surface area (Å²) in [5.41, 5.74) is 2.16. The molecule has 0 unspecified atom stereocenters. The molecule has 0 amide bonds. The Morgan fingerprint density at radius 3 is 2.64 bits per heavy atom. The predicted octanol–water partition coefficient (Wildman–Crippen LogP) is 4.19. The molecule has 138 valence electrons. The lowest BCUT2D eigenvalue weighted by atomic mass is 10.1. The molecule has 25 heavy (non-hydrogen) atoms. The van der Waals surface area contributed by atoms with Crippen LogP contribution in [-0.2, 0) is 6.54 Å². The number of guanidine groups is 1. The largest absolute Gasteiger partial charge is 0.357 e. The summed E-state index contributed by atoms with van der Waals surface area (Å²) in [6.07, 6.45) is 4.25. The van der Waals surface area contributed by atoms with E-state index in [1.165, 1.54) is 6.42 Å². The molecule has 6 heteroatoms. The van der Waals surface area contributed by atoms with Crippen LogP contribution in [0.25, 0.3) is 11.3 Å². The van der Waals surface area contributed by atoms with Gasteiger partial charge >= 0.3 is 0 Å². The maximum absolute atomic E-state index is 4.61. The van der Waals surface area contributed by atoms with Gasteiger partial charge in [-0.25, -0.2) is 9.98 Å². The molecular formula is C19H30IN5. The van der Waals surface area contributed by atoms with E-state index in [0.717, 1.165) is 48.5 Å². The molecule has 0 aliphatic carbocycles. The monoisotopic (exact) mass is 455 g/mol. The molecule has 2 aromatic rings. The molecule has 0 fully saturated rings. The molecule has 0 saturated heterocycles. The summed E-state index contributed by atoms with van der Waals surface area (Å²) in [7, 11) is 0. The number of aromatic amines is 1. The van der Waals surface area contributed by atoms with Crippen LogP contribution in [0.4, 0.5) is 0 Å². The number of benzene rings is 1. The zero-order chi connectivity index (χ0) is 17.2. The third kappa shape index (κ3) is 7.90. The molecule has 5 nitrogen and oxygen atoms in total. The predicted molar refractivity (Wildman–Crippen MR) is 116 cm³/mol. The van der Waals surface area contributed by atoms with Gasteiger partial charge in [0.1, 0.15) is 12.4 Å². The first-order valence-electron chi connectivity index (χ1n) is 8.80. The molecule has 1 heterocycles. The van der Waals surface area contributed by atoms with Crippen LogP contribution in [0.5, 0.6) is 0 Å². The van der Waals surface area contributed by atoms with Crippen LogP contribution < -0.4 is 10.6 Å². The summed E-state index contributed by atoms with van der Waals surface area (Å²) in [5.74, 6) is 2.46. The number of hydrogen-bond acceptors (Lipinski definition) is 2. The Balaban J connectivity index is 0.00000312. The normalized spacial score (nSPS) is 11.3. The first-order chi connectivity index (χ1) is 11.7. The van der Waals surface area contributed by atoms with Crippen molar-refractivity contribution in [3.05, 3.63) is 42.4 Å². The summed E-state index contributed by atoms with van der Waals surface area (Å²) < 4.78 is 0. The summed E-state index contributed by atoms with van der Waals surface area (Å²) in [4.78, 5) is 12.4. The fraction of sp³-hybridized carbons (Fsp3) is 0.474. The van der Waals surface area contributed by atoms with Crippen LogP contribution in [0.1, 0.15) is 39.4 Å². The molecule has 0 aliphatic rings. The fourth-order valence-corrected chi connectivity index (χ4v) is 2.42. The highest BCUT2D eigenvalue weighted by Gasteiger charge is 2.03. The molecule has 0 atom stereocenters. The van der Waals surface area contributed by atoms with Crippen LogP contribution in [-0.4, -0.2) is 29.0 Å². The van der Waals surface area contributed by atoms with E-state index < -0.39 is 0 Å². The highest BCUT2D eigenvalue weighted by atomic mass is 127. The van der Waals surface area contributed by atoms with Crippen LogP contribution in [0, 0.1) is 5.92 Å². The van der Waals surface area contributed by atoms with E-state index >= 15 is 0 Å². The Kier molecular flexibility index (Phi) is 10.2. The standard InChI is InChI=1S/C19H29N5.HI/c1-4-20-19(21-12-8-9-15(2)3)23-14-18-22-13-17(24-18)16-10-6-5-7-11-16;/h5-7,10-11,13,15H,4,8-9,12,14H2,1-3H3,(H,22,24)(H2,20,21,23);1H. The number of rotatable bonds is 8. The average molecular weight is 455 g/mol. The molecule has 1 aromatic carbocycles. The van der Waals surface area contributed by atoms with E-state index in [4.69, 9.17) is 0 Å². The van der Waals surface area contributed by atoms with Gasteiger partial charge in [-0.3, -0.25) is 0 Å². The highest BCUT2D eigenvalue weighted by Crippen LogP contribution is 2.16. The Labute approximate surface area is 168 Å². The maximum atomic E-state index is 4.61. The van der Waals surface area contributed by atoms with Crippen molar-refractivity contribution >= 4 is 29.9 Å². The third-order valence-electron chi connectivity index (χ3n) is 3.70. The minimum absolute atomic E-state index is 0. The Hall–Kier alpha value is -1.57. The van der Waals surface area contributed by atoms with E-state index in [0.29, 0.717) is 6.54 Å². The smallest absolute Gasteiger partial charge is 0.191 e. The third-order valence-corrected chi connectivity index (χ3v) is 3.70. The van der Waals surface area contributed by atoms with Gasteiger partial charge in [0.25, 0.3) is 0 Å². The first-order valence-corrected chi connectivity index (χ1v) is 8.80. The second kappa shape index (κ2) is 11.9. The number of halogens is 1. The first kappa shape index (κ1) is 21.5. The van der Waals surface area contributed by atoms with Gasteiger partial charge in [-0.15, -0.1) is 24.0 Å².